The topological polar surface area (TPSA) is 37.8 Å². The Balaban J connectivity index is 2.09. The maximum absolute atomic E-state index is 4.14. The lowest BCUT2D eigenvalue weighted by Crippen LogP contribution is -2.23. The van der Waals surface area contributed by atoms with Crippen LogP contribution >= 0.6 is 38.8 Å². The van der Waals surface area contributed by atoms with Crippen LogP contribution in [0.15, 0.2) is 21.3 Å². The van der Waals surface area contributed by atoms with Gasteiger partial charge in [-0.1, -0.05) is 11.4 Å². The molecule has 2 aromatic rings. The molecule has 0 aliphatic rings. The van der Waals surface area contributed by atoms with Gasteiger partial charge < -0.3 is 5.32 Å². The molecule has 0 saturated carbocycles. The maximum Gasteiger partial charge on any atom is 0.0928 e. The Hall–Kier alpha value is -0.300. The lowest BCUT2D eigenvalue weighted by Gasteiger charge is -2.13. The number of halogens is 1. The summed E-state index contributed by atoms with van der Waals surface area (Å²) in [6.45, 7) is 3.05. The number of hydrogen-bond acceptors (Lipinski definition) is 5. The standard InChI is InChI=1S/C10H12BrN3S2/c1-2-12-9(10-6-16-14-13-10)4-8-3-7(11)5-15-8/h3,5-6,9,12H,2,4H2,1H3. The molecule has 0 fully saturated rings. The first-order chi connectivity index (χ1) is 7.79. The van der Waals surface area contributed by atoms with Crippen molar-refractivity contribution >= 4 is 38.8 Å². The minimum Gasteiger partial charge on any atom is -0.309 e. The highest BCUT2D eigenvalue weighted by Gasteiger charge is 2.14. The van der Waals surface area contributed by atoms with E-state index in [4.69, 9.17) is 0 Å². The smallest absolute Gasteiger partial charge is 0.0928 e. The fraction of sp³-hybridized carbons (Fsp3) is 0.400. The van der Waals surface area contributed by atoms with Crippen molar-refractivity contribution in [3.63, 3.8) is 0 Å². The Labute approximate surface area is 111 Å². The largest absolute Gasteiger partial charge is 0.309 e. The van der Waals surface area contributed by atoms with Gasteiger partial charge in [-0.15, -0.1) is 16.4 Å². The van der Waals surface area contributed by atoms with Crippen LogP contribution in [-0.2, 0) is 6.42 Å². The van der Waals surface area contributed by atoms with E-state index in [0.717, 1.165) is 23.1 Å². The highest BCUT2D eigenvalue weighted by Crippen LogP contribution is 2.25. The third-order valence-electron chi connectivity index (χ3n) is 2.21. The quantitative estimate of drug-likeness (QED) is 0.919. The second kappa shape index (κ2) is 5.86. The van der Waals surface area contributed by atoms with Crippen molar-refractivity contribution in [2.75, 3.05) is 6.54 Å². The van der Waals surface area contributed by atoms with Crippen LogP contribution in [0, 0.1) is 0 Å². The molecule has 6 heteroatoms. The summed E-state index contributed by atoms with van der Waals surface area (Å²) in [4.78, 5) is 1.35. The molecule has 0 saturated heterocycles. The minimum absolute atomic E-state index is 0.272. The van der Waals surface area contributed by atoms with Gasteiger partial charge in [-0.3, -0.25) is 0 Å². The van der Waals surface area contributed by atoms with E-state index in [0.29, 0.717) is 0 Å². The molecule has 0 aliphatic carbocycles. The van der Waals surface area contributed by atoms with Gasteiger partial charge in [-0.25, -0.2) is 0 Å². The number of likely N-dealkylation sites (N-methyl/N-ethyl adjacent to an activating group) is 1. The molecule has 3 nitrogen and oxygen atoms in total. The van der Waals surface area contributed by atoms with E-state index in [1.165, 1.54) is 16.4 Å². The van der Waals surface area contributed by atoms with Gasteiger partial charge in [0.2, 0.25) is 0 Å². The molecule has 86 valence electrons. The monoisotopic (exact) mass is 317 g/mol. The Kier molecular flexibility index (Phi) is 4.45. The molecule has 0 bridgehead atoms. The van der Waals surface area contributed by atoms with E-state index in [1.54, 1.807) is 11.3 Å². The predicted octanol–water partition coefficient (Wildman–Crippen LogP) is 3.26. The van der Waals surface area contributed by atoms with E-state index >= 15 is 0 Å². The molecule has 0 radical (unpaired) electrons. The molecule has 0 spiro atoms. The Bertz CT molecular complexity index is 427. The molecule has 0 aromatic carbocycles. The van der Waals surface area contributed by atoms with Crippen LogP contribution in [0.3, 0.4) is 0 Å². The van der Waals surface area contributed by atoms with Crippen LogP contribution in [0.4, 0.5) is 0 Å². The average molecular weight is 318 g/mol. The van der Waals surface area contributed by atoms with Gasteiger partial charge in [0.25, 0.3) is 0 Å². The zero-order valence-corrected chi connectivity index (χ0v) is 12.0. The molecular formula is C10H12BrN3S2. The first-order valence-corrected chi connectivity index (χ1v) is 7.53. The first-order valence-electron chi connectivity index (χ1n) is 5.03. The van der Waals surface area contributed by atoms with Crippen LogP contribution in [0.1, 0.15) is 23.5 Å². The van der Waals surface area contributed by atoms with Crippen molar-refractivity contribution in [2.24, 2.45) is 0 Å². The van der Waals surface area contributed by atoms with Gasteiger partial charge in [0.1, 0.15) is 0 Å². The summed E-state index contributed by atoms with van der Waals surface area (Å²) in [5.41, 5.74) is 1.04. The van der Waals surface area contributed by atoms with Crippen molar-refractivity contribution in [1.82, 2.24) is 14.9 Å². The molecule has 2 rings (SSSR count). The second-order valence-electron chi connectivity index (χ2n) is 3.38. The first kappa shape index (κ1) is 12.2. The summed E-state index contributed by atoms with van der Waals surface area (Å²) in [6.07, 6.45) is 0.968. The van der Waals surface area contributed by atoms with Crippen LogP contribution in [0.2, 0.25) is 0 Å². The molecular weight excluding hydrogens is 306 g/mol. The van der Waals surface area contributed by atoms with Crippen LogP contribution < -0.4 is 5.32 Å². The number of thiophene rings is 1. The summed E-state index contributed by atoms with van der Waals surface area (Å²) < 4.78 is 5.07. The molecule has 16 heavy (non-hydrogen) atoms. The van der Waals surface area contributed by atoms with Gasteiger partial charge in [0, 0.05) is 26.5 Å². The van der Waals surface area contributed by atoms with Gasteiger partial charge in [-0.2, -0.15) is 0 Å². The van der Waals surface area contributed by atoms with Crippen molar-refractivity contribution < 1.29 is 0 Å². The van der Waals surface area contributed by atoms with Gasteiger partial charge in [0.05, 0.1) is 11.7 Å². The van der Waals surface area contributed by atoms with E-state index in [2.05, 4.69) is 49.2 Å². The molecule has 2 aromatic heterocycles. The lowest BCUT2D eigenvalue weighted by atomic mass is 10.1. The van der Waals surface area contributed by atoms with Crippen molar-refractivity contribution in [2.45, 2.75) is 19.4 Å². The van der Waals surface area contributed by atoms with Crippen molar-refractivity contribution in [3.05, 3.63) is 31.9 Å². The third-order valence-corrected chi connectivity index (χ3v) is 4.45. The summed E-state index contributed by atoms with van der Waals surface area (Å²) in [6, 6.07) is 2.43. The van der Waals surface area contributed by atoms with Gasteiger partial charge >= 0.3 is 0 Å². The van der Waals surface area contributed by atoms with Crippen LogP contribution in [0.25, 0.3) is 0 Å². The van der Waals surface area contributed by atoms with Crippen LogP contribution in [0.5, 0.6) is 0 Å². The van der Waals surface area contributed by atoms with Crippen LogP contribution in [-0.4, -0.2) is 16.1 Å². The number of nitrogens with one attached hydrogen (secondary N) is 1. The SMILES string of the molecule is CCNC(Cc1cc(Br)cs1)c1csnn1. The second-order valence-corrected chi connectivity index (χ2v) is 5.90. The number of rotatable bonds is 5. The normalized spacial score (nSPS) is 12.9. The molecule has 2 heterocycles. The Morgan fingerprint density at radius 2 is 2.38 bits per heavy atom. The zero-order valence-electron chi connectivity index (χ0n) is 8.81. The van der Waals surface area contributed by atoms with Gasteiger partial charge in [-0.05, 0) is 40.1 Å². The van der Waals surface area contributed by atoms with Crippen molar-refractivity contribution in [1.29, 1.82) is 0 Å². The van der Waals surface area contributed by atoms with E-state index in [1.807, 2.05) is 5.38 Å². The molecule has 0 amide bonds. The molecule has 1 atom stereocenters. The predicted molar refractivity (Wildman–Crippen MR) is 72.0 cm³/mol. The Morgan fingerprint density at radius 1 is 1.50 bits per heavy atom. The Morgan fingerprint density at radius 3 is 2.94 bits per heavy atom. The summed E-state index contributed by atoms with van der Waals surface area (Å²) in [5.74, 6) is 0. The number of aromatic nitrogens is 2. The van der Waals surface area contributed by atoms with E-state index in [-0.39, 0.29) is 6.04 Å². The highest BCUT2D eigenvalue weighted by molar-refractivity contribution is 9.10. The third kappa shape index (κ3) is 3.10. The van der Waals surface area contributed by atoms with E-state index in [9.17, 15) is 0 Å². The van der Waals surface area contributed by atoms with E-state index < -0.39 is 0 Å². The highest BCUT2D eigenvalue weighted by atomic mass is 79.9. The fourth-order valence-corrected chi connectivity index (χ4v) is 3.52. The summed E-state index contributed by atoms with van der Waals surface area (Å²) >= 11 is 6.65. The average Bonchev–Trinajstić information content (AvgIpc) is 2.88. The minimum atomic E-state index is 0.272. The zero-order chi connectivity index (χ0) is 11.4. The fourth-order valence-electron chi connectivity index (χ4n) is 1.51. The molecule has 1 N–H and O–H groups in total. The van der Waals surface area contributed by atoms with Gasteiger partial charge in [0.15, 0.2) is 0 Å². The van der Waals surface area contributed by atoms with Crippen molar-refractivity contribution in [3.8, 4) is 0 Å². The molecule has 0 aliphatic heterocycles. The summed E-state index contributed by atoms with van der Waals surface area (Å²) in [5, 5.41) is 11.7. The molecule has 1 unspecified atom stereocenters. The summed E-state index contributed by atoms with van der Waals surface area (Å²) in [7, 11) is 0. The lowest BCUT2D eigenvalue weighted by molar-refractivity contribution is 0.539. The number of nitrogens with zero attached hydrogens (tertiary/aromatic N) is 2. The maximum atomic E-state index is 4.14. The number of hydrogen-bond donors (Lipinski definition) is 1.